The fraction of sp³-hybridized carbons (Fsp3) is 0.833. The largest absolute Gasteiger partial charge is 0.480 e. The van der Waals surface area contributed by atoms with Crippen molar-refractivity contribution in [1.29, 1.82) is 0 Å². The van der Waals surface area contributed by atoms with Gasteiger partial charge in [0.05, 0.1) is 0 Å². The highest BCUT2D eigenvalue weighted by atomic mass is 32.2. The van der Waals surface area contributed by atoms with Crippen LogP contribution < -0.4 is 0 Å². The third kappa shape index (κ3) is 3.31. The molecule has 102 valence electrons. The zero-order chi connectivity index (χ0) is 13.1. The van der Waals surface area contributed by atoms with Gasteiger partial charge < -0.3 is 14.9 Å². The van der Waals surface area contributed by atoms with Gasteiger partial charge in [-0.1, -0.05) is 6.92 Å². The van der Waals surface area contributed by atoms with Crippen LogP contribution in [0.1, 0.15) is 26.2 Å². The molecule has 1 atom stereocenters. The van der Waals surface area contributed by atoms with Crippen LogP contribution in [-0.4, -0.2) is 63.6 Å². The van der Waals surface area contributed by atoms with E-state index < -0.39 is 5.97 Å². The monoisotopic (exact) mass is 272 g/mol. The third-order valence-corrected chi connectivity index (χ3v) is 4.78. The number of hydrogen-bond acceptors (Lipinski definition) is 3. The molecule has 5 nitrogen and oxygen atoms in total. The van der Waals surface area contributed by atoms with Gasteiger partial charge >= 0.3 is 12.0 Å². The Morgan fingerprint density at radius 1 is 1.44 bits per heavy atom. The van der Waals surface area contributed by atoms with Gasteiger partial charge in [0, 0.05) is 30.1 Å². The molecule has 2 aliphatic rings. The number of rotatable bonds is 4. The predicted octanol–water partition coefficient (Wildman–Crippen LogP) is 1.48. The summed E-state index contributed by atoms with van der Waals surface area (Å²) < 4.78 is 0. The average molecular weight is 272 g/mol. The van der Waals surface area contributed by atoms with Crippen molar-refractivity contribution >= 4 is 23.8 Å². The molecular weight excluding hydrogens is 252 g/mol. The van der Waals surface area contributed by atoms with E-state index in [1.807, 2.05) is 16.7 Å². The maximum absolute atomic E-state index is 12.4. The van der Waals surface area contributed by atoms with Crippen LogP contribution in [0.15, 0.2) is 0 Å². The smallest absolute Gasteiger partial charge is 0.323 e. The first kappa shape index (κ1) is 13.5. The van der Waals surface area contributed by atoms with Crippen molar-refractivity contribution in [3.8, 4) is 0 Å². The number of hydrogen-bond donors (Lipinski definition) is 1. The zero-order valence-corrected chi connectivity index (χ0v) is 11.5. The lowest BCUT2D eigenvalue weighted by atomic mass is 10.3. The van der Waals surface area contributed by atoms with E-state index in [1.165, 1.54) is 4.90 Å². The van der Waals surface area contributed by atoms with Crippen molar-refractivity contribution in [3.05, 3.63) is 0 Å². The molecule has 0 aromatic rings. The molecule has 2 fully saturated rings. The molecule has 0 spiro atoms. The molecule has 1 N–H and O–H groups in total. The first-order chi connectivity index (χ1) is 8.61. The molecule has 1 heterocycles. The summed E-state index contributed by atoms with van der Waals surface area (Å²) in [5.41, 5.74) is 0. The minimum atomic E-state index is -0.923. The van der Waals surface area contributed by atoms with Crippen LogP contribution in [0.5, 0.6) is 0 Å². The van der Waals surface area contributed by atoms with E-state index in [0.717, 1.165) is 38.1 Å². The molecule has 0 bridgehead atoms. The number of carbonyl (C=O) groups excluding carboxylic acids is 1. The second-order valence-electron chi connectivity index (χ2n) is 4.88. The SMILES string of the molecule is CCC1CN(C(=O)N(CC(=O)O)C2CC2)CCS1. The third-order valence-electron chi connectivity index (χ3n) is 3.40. The maximum atomic E-state index is 12.4. The molecule has 1 aliphatic heterocycles. The Labute approximate surface area is 112 Å². The standard InChI is InChI=1S/C12H20N2O3S/c1-2-10-7-13(5-6-18-10)12(17)14(8-11(15)16)9-3-4-9/h9-10H,2-8H2,1H3,(H,15,16). The molecule has 0 radical (unpaired) electrons. The fourth-order valence-electron chi connectivity index (χ4n) is 2.21. The Kier molecular flexibility index (Phi) is 4.37. The number of amides is 2. The summed E-state index contributed by atoms with van der Waals surface area (Å²) in [5.74, 6) is 0.0317. The number of carbonyl (C=O) groups is 2. The molecule has 1 aliphatic carbocycles. The minimum Gasteiger partial charge on any atom is -0.480 e. The first-order valence-electron chi connectivity index (χ1n) is 6.50. The van der Waals surface area contributed by atoms with Gasteiger partial charge in [-0.05, 0) is 19.3 Å². The highest BCUT2D eigenvalue weighted by molar-refractivity contribution is 8.00. The zero-order valence-electron chi connectivity index (χ0n) is 10.7. The molecule has 1 saturated heterocycles. The van der Waals surface area contributed by atoms with Crippen LogP contribution in [-0.2, 0) is 4.79 Å². The molecule has 18 heavy (non-hydrogen) atoms. The summed E-state index contributed by atoms with van der Waals surface area (Å²) in [6.07, 6.45) is 2.94. The molecular formula is C12H20N2O3S. The van der Waals surface area contributed by atoms with Crippen LogP contribution in [0.4, 0.5) is 4.79 Å². The summed E-state index contributed by atoms with van der Waals surface area (Å²) in [6.45, 7) is 3.46. The molecule has 0 aromatic heterocycles. The highest BCUT2D eigenvalue weighted by Crippen LogP contribution is 2.29. The number of aliphatic carboxylic acids is 1. The van der Waals surface area contributed by atoms with E-state index in [1.54, 1.807) is 0 Å². The molecule has 1 unspecified atom stereocenters. The van der Waals surface area contributed by atoms with E-state index >= 15 is 0 Å². The maximum Gasteiger partial charge on any atom is 0.323 e. The van der Waals surface area contributed by atoms with Gasteiger partial charge in [0.15, 0.2) is 0 Å². The normalized spacial score (nSPS) is 23.8. The predicted molar refractivity (Wildman–Crippen MR) is 70.9 cm³/mol. The summed E-state index contributed by atoms with van der Waals surface area (Å²) >= 11 is 1.91. The van der Waals surface area contributed by atoms with Crippen LogP contribution in [0.2, 0.25) is 0 Å². The van der Waals surface area contributed by atoms with E-state index in [0.29, 0.717) is 5.25 Å². The fourth-order valence-corrected chi connectivity index (χ4v) is 3.39. The number of thioether (sulfide) groups is 1. The van der Waals surface area contributed by atoms with Gasteiger partial charge in [-0.25, -0.2) is 4.79 Å². The van der Waals surface area contributed by atoms with Crippen LogP contribution in [0, 0.1) is 0 Å². The van der Waals surface area contributed by atoms with E-state index in [9.17, 15) is 9.59 Å². The van der Waals surface area contributed by atoms with Gasteiger partial charge in [-0.2, -0.15) is 11.8 Å². The van der Waals surface area contributed by atoms with Crippen molar-refractivity contribution in [2.45, 2.75) is 37.5 Å². The van der Waals surface area contributed by atoms with Crippen LogP contribution in [0.3, 0.4) is 0 Å². The molecule has 0 aromatic carbocycles. The van der Waals surface area contributed by atoms with Crippen molar-refractivity contribution in [2.75, 3.05) is 25.4 Å². The number of carboxylic acids is 1. The summed E-state index contributed by atoms with van der Waals surface area (Å²) in [4.78, 5) is 26.5. The van der Waals surface area contributed by atoms with E-state index in [4.69, 9.17) is 5.11 Å². The van der Waals surface area contributed by atoms with Gasteiger partial charge in [0.1, 0.15) is 6.54 Å². The summed E-state index contributed by atoms with van der Waals surface area (Å²) in [6, 6.07) is 0.0712. The minimum absolute atomic E-state index is 0.0846. The second-order valence-corrected chi connectivity index (χ2v) is 6.29. The van der Waals surface area contributed by atoms with Gasteiger partial charge in [0.2, 0.25) is 0 Å². The Bertz CT molecular complexity index is 333. The van der Waals surface area contributed by atoms with Gasteiger partial charge in [-0.15, -0.1) is 0 Å². The number of urea groups is 1. The highest BCUT2D eigenvalue weighted by Gasteiger charge is 2.37. The molecule has 2 rings (SSSR count). The molecule has 1 saturated carbocycles. The van der Waals surface area contributed by atoms with Gasteiger partial charge in [0.25, 0.3) is 0 Å². The quantitative estimate of drug-likeness (QED) is 0.842. The number of nitrogens with zero attached hydrogens (tertiary/aromatic N) is 2. The molecule has 2 amide bonds. The Hall–Kier alpha value is -0.910. The van der Waals surface area contributed by atoms with Crippen molar-refractivity contribution in [1.82, 2.24) is 9.80 Å². The van der Waals surface area contributed by atoms with Gasteiger partial charge in [-0.3, -0.25) is 4.79 Å². The summed E-state index contributed by atoms with van der Waals surface area (Å²) in [5, 5.41) is 9.38. The van der Waals surface area contributed by atoms with Crippen LogP contribution >= 0.6 is 11.8 Å². The second kappa shape index (κ2) is 5.82. The van der Waals surface area contributed by atoms with Crippen molar-refractivity contribution < 1.29 is 14.7 Å². The number of carboxylic acid groups (broad SMARTS) is 1. The molecule has 6 heteroatoms. The van der Waals surface area contributed by atoms with E-state index in [-0.39, 0.29) is 18.6 Å². The lowest BCUT2D eigenvalue weighted by Gasteiger charge is -2.35. The first-order valence-corrected chi connectivity index (χ1v) is 7.55. The van der Waals surface area contributed by atoms with E-state index in [2.05, 4.69) is 6.92 Å². The van der Waals surface area contributed by atoms with Crippen molar-refractivity contribution in [2.24, 2.45) is 0 Å². The Balaban J connectivity index is 1.96. The topological polar surface area (TPSA) is 60.9 Å². The lowest BCUT2D eigenvalue weighted by Crippen LogP contribution is -2.50. The Morgan fingerprint density at radius 2 is 2.17 bits per heavy atom. The Morgan fingerprint density at radius 3 is 2.72 bits per heavy atom. The lowest BCUT2D eigenvalue weighted by molar-refractivity contribution is -0.137. The van der Waals surface area contributed by atoms with Crippen LogP contribution in [0.25, 0.3) is 0 Å². The van der Waals surface area contributed by atoms with Crippen molar-refractivity contribution in [3.63, 3.8) is 0 Å². The average Bonchev–Trinajstić information content (AvgIpc) is 3.19. The summed E-state index contributed by atoms with van der Waals surface area (Å²) in [7, 11) is 0.